The van der Waals surface area contributed by atoms with Crippen molar-refractivity contribution >= 4 is 44.8 Å². The molecule has 1 N–H and O–H groups in total. The van der Waals surface area contributed by atoms with Crippen molar-refractivity contribution in [3.8, 4) is 0 Å². The summed E-state index contributed by atoms with van der Waals surface area (Å²) in [6.45, 7) is 4.35. The summed E-state index contributed by atoms with van der Waals surface area (Å²) < 4.78 is 1.24. The molecule has 2 nitrogen and oxygen atoms in total. The number of thioether (sulfide) groups is 1. The van der Waals surface area contributed by atoms with E-state index in [0.29, 0.717) is 11.7 Å². The third-order valence-electron chi connectivity index (χ3n) is 3.40. The molecule has 0 aliphatic carbocycles. The molecular formula is C19H19NOS2. The van der Waals surface area contributed by atoms with E-state index in [1.54, 1.807) is 11.3 Å². The van der Waals surface area contributed by atoms with Crippen molar-refractivity contribution in [1.29, 1.82) is 0 Å². The molecule has 3 rings (SSSR count). The van der Waals surface area contributed by atoms with Gasteiger partial charge in [-0.1, -0.05) is 26.0 Å². The summed E-state index contributed by atoms with van der Waals surface area (Å²) >= 11 is 3.54. The van der Waals surface area contributed by atoms with Crippen LogP contribution in [0.3, 0.4) is 0 Å². The molecule has 0 saturated carbocycles. The van der Waals surface area contributed by atoms with Gasteiger partial charge in [0, 0.05) is 20.5 Å². The van der Waals surface area contributed by atoms with Gasteiger partial charge in [0.05, 0.1) is 6.42 Å². The third kappa shape index (κ3) is 4.36. The molecular weight excluding hydrogens is 322 g/mol. The van der Waals surface area contributed by atoms with E-state index >= 15 is 0 Å². The van der Waals surface area contributed by atoms with Gasteiger partial charge in [0.2, 0.25) is 5.91 Å². The second-order valence-electron chi connectivity index (χ2n) is 5.71. The fourth-order valence-corrected chi connectivity index (χ4v) is 4.00. The zero-order valence-electron chi connectivity index (χ0n) is 13.2. The van der Waals surface area contributed by atoms with E-state index < -0.39 is 0 Å². The Bertz CT molecular complexity index is 806. The average Bonchev–Trinajstić information content (AvgIpc) is 2.96. The number of benzene rings is 2. The zero-order chi connectivity index (χ0) is 16.2. The van der Waals surface area contributed by atoms with Gasteiger partial charge in [-0.2, -0.15) is 0 Å². The number of thiophene rings is 1. The molecule has 0 bridgehead atoms. The number of amides is 1. The van der Waals surface area contributed by atoms with Crippen molar-refractivity contribution in [2.24, 2.45) is 0 Å². The fraction of sp³-hybridized carbons (Fsp3) is 0.211. The molecule has 2 aromatic carbocycles. The maximum Gasteiger partial charge on any atom is 0.228 e. The first kappa shape index (κ1) is 16.1. The highest BCUT2D eigenvalue weighted by atomic mass is 32.2. The SMILES string of the molecule is CC(C)Sc1ccc(CC(=O)Nc2ccc3sccc3c2)cc1. The Hall–Kier alpha value is -1.78. The summed E-state index contributed by atoms with van der Waals surface area (Å²) in [6.07, 6.45) is 0.397. The van der Waals surface area contributed by atoms with Crippen LogP contribution in [0.25, 0.3) is 10.1 Å². The van der Waals surface area contributed by atoms with Crippen molar-refractivity contribution in [2.45, 2.75) is 30.4 Å². The summed E-state index contributed by atoms with van der Waals surface area (Å²) in [7, 11) is 0. The predicted octanol–water partition coefficient (Wildman–Crippen LogP) is 5.58. The lowest BCUT2D eigenvalue weighted by Crippen LogP contribution is -2.14. The smallest absolute Gasteiger partial charge is 0.228 e. The first-order valence-corrected chi connectivity index (χ1v) is 9.39. The normalized spacial score (nSPS) is 11.1. The fourth-order valence-electron chi connectivity index (χ4n) is 2.39. The molecule has 1 heterocycles. The monoisotopic (exact) mass is 341 g/mol. The highest BCUT2D eigenvalue weighted by molar-refractivity contribution is 7.99. The largest absolute Gasteiger partial charge is 0.326 e. The second kappa shape index (κ2) is 7.20. The van der Waals surface area contributed by atoms with Crippen LogP contribution >= 0.6 is 23.1 Å². The maximum absolute atomic E-state index is 12.2. The number of fused-ring (bicyclic) bond motifs is 1. The summed E-state index contributed by atoms with van der Waals surface area (Å²) in [6, 6.07) is 16.3. The molecule has 0 atom stereocenters. The Kier molecular flexibility index (Phi) is 5.03. The Morgan fingerprint density at radius 1 is 1.13 bits per heavy atom. The minimum atomic E-state index is 0.0174. The molecule has 1 aromatic heterocycles. The lowest BCUT2D eigenvalue weighted by Gasteiger charge is -2.07. The van der Waals surface area contributed by atoms with Crippen LogP contribution in [-0.2, 0) is 11.2 Å². The van der Waals surface area contributed by atoms with Gasteiger partial charge >= 0.3 is 0 Å². The highest BCUT2D eigenvalue weighted by Gasteiger charge is 2.06. The van der Waals surface area contributed by atoms with Crippen LogP contribution in [0.15, 0.2) is 58.8 Å². The molecule has 0 radical (unpaired) electrons. The van der Waals surface area contributed by atoms with Crippen LogP contribution in [-0.4, -0.2) is 11.2 Å². The number of hydrogen-bond acceptors (Lipinski definition) is 3. The molecule has 4 heteroatoms. The van der Waals surface area contributed by atoms with Gasteiger partial charge in [-0.05, 0) is 52.7 Å². The Labute approximate surface area is 144 Å². The van der Waals surface area contributed by atoms with E-state index in [1.165, 1.54) is 15.0 Å². The van der Waals surface area contributed by atoms with Gasteiger partial charge in [0.15, 0.2) is 0 Å². The van der Waals surface area contributed by atoms with E-state index in [9.17, 15) is 4.79 Å². The number of hydrogen-bond donors (Lipinski definition) is 1. The molecule has 1 amide bonds. The van der Waals surface area contributed by atoms with Crippen molar-refractivity contribution in [1.82, 2.24) is 0 Å². The summed E-state index contributed by atoms with van der Waals surface area (Å²) in [4.78, 5) is 13.4. The predicted molar refractivity (Wildman–Crippen MR) is 102 cm³/mol. The lowest BCUT2D eigenvalue weighted by atomic mass is 10.1. The molecule has 0 aliphatic rings. The molecule has 0 saturated heterocycles. The molecule has 0 fully saturated rings. The van der Waals surface area contributed by atoms with Crippen molar-refractivity contribution in [2.75, 3.05) is 5.32 Å². The third-order valence-corrected chi connectivity index (χ3v) is 5.31. The van der Waals surface area contributed by atoms with Crippen LogP contribution in [0.2, 0.25) is 0 Å². The Morgan fingerprint density at radius 3 is 2.65 bits per heavy atom. The summed E-state index contributed by atoms with van der Waals surface area (Å²) in [5, 5.41) is 6.78. The van der Waals surface area contributed by atoms with Crippen LogP contribution in [0.4, 0.5) is 5.69 Å². The van der Waals surface area contributed by atoms with E-state index in [4.69, 9.17) is 0 Å². The quantitative estimate of drug-likeness (QED) is 0.614. The van der Waals surface area contributed by atoms with Gasteiger partial charge in [-0.15, -0.1) is 23.1 Å². The first-order chi connectivity index (χ1) is 11.1. The van der Waals surface area contributed by atoms with Gasteiger partial charge in [0.25, 0.3) is 0 Å². The number of anilines is 1. The Balaban J connectivity index is 1.62. The molecule has 0 aliphatic heterocycles. The number of nitrogens with one attached hydrogen (secondary N) is 1. The van der Waals surface area contributed by atoms with Gasteiger partial charge in [-0.25, -0.2) is 0 Å². The molecule has 0 spiro atoms. The minimum Gasteiger partial charge on any atom is -0.326 e. The van der Waals surface area contributed by atoms with Crippen molar-refractivity contribution in [3.63, 3.8) is 0 Å². The minimum absolute atomic E-state index is 0.0174. The number of carbonyl (C=O) groups excluding carboxylic acids is 1. The maximum atomic E-state index is 12.2. The van der Waals surface area contributed by atoms with E-state index in [0.717, 1.165) is 11.3 Å². The molecule has 3 aromatic rings. The van der Waals surface area contributed by atoms with Crippen LogP contribution in [0, 0.1) is 0 Å². The first-order valence-electron chi connectivity index (χ1n) is 7.63. The number of carbonyl (C=O) groups is 1. The number of rotatable bonds is 5. The molecule has 118 valence electrons. The van der Waals surface area contributed by atoms with E-state index in [-0.39, 0.29) is 5.91 Å². The Morgan fingerprint density at radius 2 is 1.91 bits per heavy atom. The zero-order valence-corrected chi connectivity index (χ0v) is 14.8. The van der Waals surface area contributed by atoms with Crippen LogP contribution in [0.1, 0.15) is 19.4 Å². The average molecular weight is 342 g/mol. The van der Waals surface area contributed by atoms with Crippen molar-refractivity contribution < 1.29 is 4.79 Å². The summed E-state index contributed by atoms with van der Waals surface area (Å²) in [5.41, 5.74) is 1.89. The topological polar surface area (TPSA) is 29.1 Å². The summed E-state index contributed by atoms with van der Waals surface area (Å²) in [5.74, 6) is 0.0174. The van der Waals surface area contributed by atoms with Crippen molar-refractivity contribution in [3.05, 3.63) is 59.5 Å². The second-order valence-corrected chi connectivity index (χ2v) is 8.31. The van der Waals surface area contributed by atoms with Gasteiger partial charge in [0.1, 0.15) is 0 Å². The van der Waals surface area contributed by atoms with Gasteiger partial charge in [-0.3, -0.25) is 4.79 Å². The van der Waals surface area contributed by atoms with Gasteiger partial charge < -0.3 is 5.32 Å². The van der Waals surface area contributed by atoms with Crippen LogP contribution < -0.4 is 5.32 Å². The van der Waals surface area contributed by atoms with Crippen LogP contribution in [0.5, 0.6) is 0 Å². The lowest BCUT2D eigenvalue weighted by molar-refractivity contribution is -0.115. The standard InChI is InChI=1S/C19H19NOS2/c1-13(2)23-17-6-3-14(4-7-17)11-19(21)20-16-5-8-18-15(12-16)9-10-22-18/h3-10,12-13H,11H2,1-2H3,(H,20,21). The van der Waals surface area contributed by atoms with E-state index in [2.05, 4.69) is 42.7 Å². The molecule has 0 unspecified atom stereocenters. The molecule has 23 heavy (non-hydrogen) atoms. The highest BCUT2D eigenvalue weighted by Crippen LogP contribution is 2.25. The van der Waals surface area contributed by atoms with E-state index in [1.807, 2.05) is 42.1 Å².